The Bertz CT molecular complexity index is 767. The number of ether oxygens (including phenoxy) is 1. The summed E-state index contributed by atoms with van der Waals surface area (Å²) in [4.78, 5) is 15.0. The number of carbonyl (C=O) groups is 1. The molecule has 0 N–H and O–H groups in total. The lowest BCUT2D eigenvalue weighted by Gasteiger charge is -2.31. The molecule has 1 amide bonds. The van der Waals surface area contributed by atoms with Crippen molar-refractivity contribution in [3.05, 3.63) is 64.7 Å². The van der Waals surface area contributed by atoms with Crippen molar-refractivity contribution in [3.8, 4) is 5.75 Å². The first-order chi connectivity index (χ1) is 11.7. The van der Waals surface area contributed by atoms with Crippen LogP contribution in [0.2, 0.25) is 5.02 Å². The quantitative estimate of drug-likeness (QED) is 0.800. The minimum atomic E-state index is -0.389. The Hall–Kier alpha value is -1.65. The highest BCUT2D eigenvalue weighted by molar-refractivity contribution is 7.99. The number of aryl methyl sites for hydroxylation is 1. The molecule has 2 aliphatic rings. The lowest BCUT2D eigenvalue weighted by atomic mass is 10.0. The molecule has 0 saturated carbocycles. The predicted molar refractivity (Wildman–Crippen MR) is 97.5 cm³/mol. The van der Waals surface area contributed by atoms with Crippen LogP contribution in [0.3, 0.4) is 0 Å². The molecule has 1 fully saturated rings. The van der Waals surface area contributed by atoms with Crippen molar-refractivity contribution in [1.82, 2.24) is 4.90 Å². The molecular weight excluding hydrogens is 342 g/mol. The number of thioether (sulfide) groups is 1. The van der Waals surface area contributed by atoms with Crippen LogP contribution >= 0.6 is 23.4 Å². The van der Waals surface area contributed by atoms with Crippen LogP contribution < -0.4 is 4.74 Å². The second-order valence-corrected chi connectivity index (χ2v) is 7.69. The van der Waals surface area contributed by atoms with Gasteiger partial charge in [0.2, 0.25) is 0 Å². The number of carbonyl (C=O) groups excluding carboxylic acids is 1. The zero-order valence-corrected chi connectivity index (χ0v) is 14.7. The number of hydrogen-bond donors (Lipinski definition) is 0. The third-order valence-electron chi connectivity index (χ3n) is 4.50. The first-order valence-corrected chi connectivity index (χ1v) is 9.57. The molecule has 2 aliphatic heterocycles. The summed E-state index contributed by atoms with van der Waals surface area (Å²) in [5.74, 6) is 1.86. The van der Waals surface area contributed by atoms with Gasteiger partial charge in [-0.15, -0.1) is 11.8 Å². The van der Waals surface area contributed by atoms with Gasteiger partial charge in [0.1, 0.15) is 11.1 Å². The van der Waals surface area contributed by atoms with Crippen LogP contribution in [-0.2, 0) is 11.2 Å². The maximum absolute atomic E-state index is 13.0. The molecule has 1 saturated heterocycles. The number of rotatable bonds is 2. The van der Waals surface area contributed by atoms with Crippen molar-refractivity contribution in [2.75, 3.05) is 12.3 Å². The highest BCUT2D eigenvalue weighted by Crippen LogP contribution is 2.40. The SMILES string of the molecule is O=C(C1CCc2ccccc2O1)N1CCSC1c1cccc(Cl)c1. The summed E-state index contributed by atoms with van der Waals surface area (Å²) in [6.07, 6.45) is 1.23. The fraction of sp³-hybridized carbons (Fsp3) is 0.316. The lowest BCUT2D eigenvalue weighted by Crippen LogP contribution is -2.43. The fourth-order valence-corrected chi connectivity index (χ4v) is 4.77. The summed E-state index contributed by atoms with van der Waals surface area (Å²) < 4.78 is 5.99. The predicted octanol–water partition coefficient (Wildman–Crippen LogP) is 4.31. The van der Waals surface area contributed by atoms with Gasteiger partial charge in [0.05, 0.1) is 0 Å². The molecule has 4 rings (SSSR count). The van der Waals surface area contributed by atoms with Gasteiger partial charge in [0.25, 0.3) is 5.91 Å². The van der Waals surface area contributed by atoms with E-state index in [1.165, 1.54) is 5.56 Å². The molecule has 2 atom stereocenters. The number of hydrogen-bond acceptors (Lipinski definition) is 3. The molecule has 24 heavy (non-hydrogen) atoms. The van der Waals surface area contributed by atoms with Crippen molar-refractivity contribution in [1.29, 1.82) is 0 Å². The first kappa shape index (κ1) is 15.9. The average molecular weight is 360 g/mol. The number of halogens is 1. The number of para-hydroxylation sites is 1. The maximum Gasteiger partial charge on any atom is 0.264 e. The lowest BCUT2D eigenvalue weighted by molar-refractivity contribution is -0.139. The van der Waals surface area contributed by atoms with Gasteiger partial charge < -0.3 is 9.64 Å². The van der Waals surface area contributed by atoms with E-state index < -0.39 is 0 Å². The number of benzene rings is 2. The summed E-state index contributed by atoms with van der Waals surface area (Å²) in [7, 11) is 0. The molecule has 0 aromatic heterocycles. The van der Waals surface area contributed by atoms with E-state index in [0.29, 0.717) is 5.02 Å². The largest absolute Gasteiger partial charge is 0.480 e. The third-order valence-corrected chi connectivity index (χ3v) is 6.00. The molecule has 0 aliphatic carbocycles. The zero-order valence-electron chi connectivity index (χ0n) is 13.2. The fourth-order valence-electron chi connectivity index (χ4n) is 3.31. The van der Waals surface area contributed by atoms with E-state index in [0.717, 1.165) is 36.5 Å². The first-order valence-electron chi connectivity index (χ1n) is 8.14. The Labute approximate surface area is 150 Å². The molecule has 0 radical (unpaired) electrons. The van der Waals surface area contributed by atoms with E-state index in [1.807, 2.05) is 47.4 Å². The minimum Gasteiger partial charge on any atom is -0.480 e. The van der Waals surface area contributed by atoms with Crippen molar-refractivity contribution >= 4 is 29.3 Å². The van der Waals surface area contributed by atoms with E-state index in [4.69, 9.17) is 16.3 Å². The normalized spacial score (nSPS) is 22.8. The summed E-state index contributed by atoms with van der Waals surface area (Å²) in [6.45, 7) is 0.752. The zero-order chi connectivity index (χ0) is 16.5. The van der Waals surface area contributed by atoms with Gasteiger partial charge >= 0.3 is 0 Å². The maximum atomic E-state index is 13.0. The molecule has 2 unspecified atom stereocenters. The molecular formula is C19H18ClNO2S. The van der Waals surface area contributed by atoms with Gasteiger partial charge in [-0.25, -0.2) is 0 Å². The van der Waals surface area contributed by atoms with Crippen LogP contribution in [0.25, 0.3) is 0 Å². The summed E-state index contributed by atoms with van der Waals surface area (Å²) in [5.41, 5.74) is 2.26. The van der Waals surface area contributed by atoms with Crippen molar-refractivity contribution in [2.24, 2.45) is 0 Å². The third kappa shape index (κ3) is 3.01. The Morgan fingerprint density at radius 3 is 2.96 bits per heavy atom. The van der Waals surface area contributed by atoms with Crippen LogP contribution in [0, 0.1) is 0 Å². The second kappa shape index (κ2) is 6.69. The molecule has 0 bridgehead atoms. The highest BCUT2D eigenvalue weighted by atomic mass is 35.5. The highest BCUT2D eigenvalue weighted by Gasteiger charge is 2.37. The smallest absolute Gasteiger partial charge is 0.264 e. The molecule has 3 nitrogen and oxygen atoms in total. The molecule has 5 heteroatoms. The minimum absolute atomic E-state index is 0.0250. The van der Waals surface area contributed by atoms with Gasteiger partial charge in [0, 0.05) is 17.3 Å². The van der Waals surface area contributed by atoms with Crippen LogP contribution in [0.1, 0.15) is 22.9 Å². The van der Waals surface area contributed by atoms with E-state index in [9.17, 15) is 4.79 Å². The Morgan fingerprint density at radius 1 is 1.21 bits per heavy atom. The number of amides is 1. The summed E-state index contributed by atoms with van der Waals surface area (Å²) in [6, 6.07) is 15.7. The summed E-state index contributed by atoms with van der Waals surface area (Å²) in [5, 5.41) is 0.729. The van der Waals surface area contributed by atoms with Crippen LogP contribution in [0.5, 0.6) is 5.75 Å². The second-order valence-electron chi connectivity index (χ2n) is 6.06. The van der Waals surface area contributed by atoms with Gasteiger partial charge in [-0.1, -0.05) is 41.9 Å². The Morgan fingerprint density at radius 2 is 2.08 bits per heavy atom. The Kier molecular flexibility index (Phi) is 4.42. The standard InChI is InChI=1S/C19H18ClNO2S/c20-15-6-3-5-14(12-15)19-21(10-11-24-19)18(22)17-9-8-13-4-1-2-7-16(13)23-17/h1-7,12,17,19H,8-11H2. The molecule has 2 aromatic carbocycles. The number of nitrogens with zero attached hydrogens (tertiary/aromatic N) is 1. The summed E-state index contributed by atoms with van der Waals surface area (Å²) >= 11 is 7.90. The van der Waals surface area contributed by atoms with Crippen molar-refractivity contribution in [3.63, 3.8) is 0 Å². The topological polar surface area (TPSA) is 29.5 Å². The van der Waals surface area contributed by atoms with E-state index in [1.54, 1.807) is 11.8 Å². The monoisotopic (exact) mass is 359 g/mol. The van der Waals surface area contributed by atoms with E-state index in [2.05, 4.69) is 6.07 Å². The average Bonchev–Trinajstić information content (AvgIpc) is 3.10. The van der Waals surface area contributed by atoms with Gasteiger partial charge in [0.15, 0.2) is 6.10 Å². The van der Waals surface area contributed by atoms with E-state index >= 15 is 0 Å². The van der Waals surface area contributed by atoms with Crippen LogP contribution in [0.15, 0.2) is 48.5 Å². The Balaban J connectivity index is 1.54. The molecule has 2 aromatic rings. The molecule has 0 spiro atoms. The van der Waals surface area contributed by atoms with Crippen molar-refractivity contribution in [2.45, 2.75) is 24.3 Å². The molecule has 2 heterocycles. The van der Waals surface area contributed by atoms with Crippen molar-refractivity contribution < 1.29 is 9.53 Å². The van der Waals surface area contributed by atoms with Gasteiger partial charge in [-0.2, -0.15) is 0 Å². The van der Waals surface area contributed by atoms with Gasteiger partial charge in [-0.3, -0.25) is 4.79 Å². The number of fused-ring (bicyclic) bond motifs is 1. The van der Waals surface area contributed by atoms with Gasteiger partial charge in [-0.05, 0) is 42.2 Å². The van der Waals surface area contributed by atoms with E-state index in [-0.39, 0.29) is 17.4 Å². The van der Waals surface area contributed by atoms with Crippen LogP contribution in [0.4, 0.5) is 0 Å². The van der Waals surface area contributed by atoms with Crippen LogP contribution in [-0.4, -0.2) is 29.2 Å². The molecule has 124 valence electrons.